The van der Waals surface area contributed by atoms with Gasteiger partial charge >= 0.3 is 6.61 Å². The molecule has 1 atom stereocenters. The average molecular weight is 544 g/mol. The predicted octanol–water partition coefficient (Wildman–Crippen LogP) is 5.73. The molecule has 1 amide bonds. The molecule has 37 heavy (non-hydrogen) atoms. The van der Waals surface area contributed by atoms with Gasteiger partial charge in [0, 0.05) is 31.0 Å². The first kappa shape index (κ1) is 31.9. The van der Waals surface area contributed by atoms with E-state index in [-0.39, 0.29) is 24.3 Å². The van der Waals surface area contributed by atoms with Crippen LogP contribution in [0.15, 0.2) is 60.3 Å². The zero-order valence-corrected chi connectivity index (χ0v) is 22.3. The van der Waals surface area contributed by atoms with Crippen molar-refractivity contribution < 1.29 is 27.4 Å². The Bertz CT molecular complexity index is 1080. The van der Waals surface area contributed by atoms with E-state index in [0.29, 0.717) is 29.6 Å². The molecular formula is C25H33ClF3N5O3. The molecule has 8 nitrogen and oxygen atoms in total. The van der Waals surface area contributed by atoms with Gasteiger partial charge in [-0.25, -0.2) is 9.07 Å². The molecule has 0 radical (unpaired) electrons. The van der Waals surface area contributed by atoms with E-state index in [2.05, 4.69) is 26.7 Å². The SMILES string of the molecule is C=C(F)C/C(Cl)=C\C(=C/C)n1ccc(C(=O)N2CNC(OC)C2)n1.CC.Cc1cncc(OC(F)F)c1. The average Bonchev–Trinajstić information content (AvgIpc) is 3.53. The molecule has 1 N–H and O–H groups in total. The van der Waals surface area contributed by atoms with Gasteiger partial charge in [-0.05, 0) is 37.6 Å². The quantitative estimate of drug-likeness (QED) is 0.428. The smallest absolute Gasteiger partial charge is 0.387 e. The number of nitrogens with one attached hydrogen (secondary N) is 1. The third-order valence-corrected chi connectivity index (χ3v) is 4.82. The first-order valence-corrected chi connectivity index (χ1v) is 11.8. The molecule has 1 aliphatic rings. The molecule has 3 heterocycles. The molecule has 1 saturated heterocycles. The summed E-state index contributed by atoms with van der Waals surface area (Å²) < 4.78 is 46.8. The number of ether oxygens (including phenoxy) is 2. The topological polar surface area (TPSA) is 81.5 Å². The van der Waals surface area contributed by atoms with E-state index < -0.39 is 12.4 Å². The number of halogens is 4. The normalized spacial score (nSPS) is 15.5. The molecular weight excluding hydrogens is 511 g/mol. The van der Waals surface area contributed by atoms with Crippen LogP contribution in [-0.4, -0.2) is 58.7 Å². The number of methoxy groups -OCH3 is 1. The van der Waals surface area contributed by atoms with Gasteiger partial charge in [-0.2, -0.15) is 13.9 Å². The van der Waals surface area contributed by atoms with E-state index in [1.807, 2.05) is 13.8 Å². The number of hydrogen-bond acceptors (Lipinski definition) is 6. The monoisotopic (exact) mass is 543 g/mol. The molecule has 0 saturated carbocycles. The number of aromatic nitrogens is 3. The van der Waals surface area contributed by atoms with Crippen molar-refractivity contribution in [2.45, 2.75) is 47.0 Å². The Hall–Kier alpha value is -3.15. The van der Waals surface area contributed by atoms with Crippen LogP contribution >= 0.6 is 11.6 Å². The molecule has 1 unspecified atom stereocenters. The Morgan fingerprint density at radius 3 is 2.62 bits per heavy atom. The minimum absolute atomic E-state index is 0.0518. The Balaban J connectivity index is 0.000000439. The summed E-state index contributed by atoms with van der Waals surface area (Å²) in [4.78, 5) is 17.7. The van der Waals surface area contributed by atoms with Gasteiger partial charge in [0.05, 0.1) is 30.9 Å². The number of carbonyl (C=O) groups excluding carboxylic acids is 1. The van der Waals surface area contributed by atoms with Crippen LogP contribution in [0, 0.1) is 6.92 Å². The summed E-state index contributed by atoms with van der Waals surface area (Å²) in [6.07, 6.45) is 7.61. The van der Waals surface area contributed by atoms with Crippen molar-refractivity contribution in [1.82, 2.24) is 25.0 Å². The number of rotatable bonds is 8. The highest BCUT2D eigenvalue weighted by molar-refractivity contribution is 6.30. The van der Waals surface area contributed by atoms with Crippen LogP contribution in [0.4, 0.5) is 13.2 Å². The van der Waals surface area contributed by atoms with Crippen LogP contribution in [0.25, 0.3) is 5.70 Å². The maximum atomic E-state index is 12.8. The summed E-state index contributed by atoms with van der Waals surface area (Å²) >= 11 is 5.99. The Kier molecular flexibility index (Phi) is 14.3. The van der Waals surface area contributed by atoms with Gasteiger partial charge in [-0.15, -0.1) is 0 Å². The van der Waals surface area contributed by atoms with Gasteiger partial charge in [0.25, 0.3) is 5.91 Å². The van der Waals surface area contributed by atoms with Crippen molar-refractivity contribution in [3.8, 4) is 5.75 Å². The maximum Gasteiger partial charge on any atom is 0.387 e. The third-order valence-electron chi connectivity index (χ3n) is 4.58. The van der Waals surface area contributed by atoms with Crippen LogP contribution in [0.2, 0.25) is 0 Å². The molecule has 3 rings (SSSR count). The van der Waals surface area contributed by atoms with Gasteiger partial charge in [-0.3, -0.25) is 15.1 Å². The lowest BCUT2D eigenvalue weighted by Crippen LogP contribution is -2.30. The van der Waals surface area contributed by atoms with Gasteiger partial charge in [0.15, 0.2) is 5.69 Å². The zero-order chi connectivity index (χ0) is 28.0. The maximum absolute atomic E-state index is 12.8. The highest BCUT2D eigenvalue weighted by Gasteiger charge is 2.27. The summed E-state index contributed by atoms with van der Waals surface area (Å²) in [6.45, 7) is 8.83. The molecule has 12 heteroatoms. The van der Waals surface area contributed by atoms with E-state index in [0.717, 1.165) is 5.56 Å². The van der Waals surface area contributed by atoms with E-state index >= 15 is 0 Å². The van der Waals surface area contributed by atoms with Crippen molar-refractivity contribution in [3.63, 3.8) is 0 Å². The van der Waals surface area contributed by atoms with Gasteiger partial charge < -0.3 is 14.4 Å². The molecule has 2 aromatic heterocycles. The molecule has 1 fully saturated rings. The lowest BCUT2D eigenvalue weighted by atomic mass is 10.3. The zero-order valence-electron chi connectivity index (χ0n) is 21.6. The first-order valence-electron chi connectivity index (χ1n) is 11.5. The lowest BCUT2D eigenvalue weighted by Gasteiger charge is -2.12. The van der Waals surface area contributed by atoms with E-state index in [1.165, 1.54) is 16.9 Å². The molecule has 2 aromatic rings. The highest BCUT2D eigenvalue weighted by Crippen LogP contribution is 2.19. The fourth-order valence-corrected chi connectivity index (χ4v) is 3.23. The molecule has 0 aliphatic carbocycles. The van der Waals surface area contributed by atoms with Crippen molar-refractivity contribution in [3.05, 3.63) is 71.6 Å². The second-order valence-corrected chi connectivity index (χ2v) is 7.82. The van der Waals surface area contributed by atoms with Gasteiger partial charge in [0.1, 0.15) is 12.0 Å². The van der Waals surface area contributed by atoms with Crippen molar-refractivity contribution in [2.24, 2.45) is 0 Å². The fourth-order valence-electron chi connectivity index (χ4n) is 2.97. The number of pyridine rings is 1. The highest BCUT2D eigenvalue weighted by atomic mass is 35.5. The number of hydrogen-bond donors (Lipinski definition) is 1. The Morgan fingerprint density at radius 2 is 2.08 bits per heavy atom. The van der Waals surface area contributed by atoms with Crippen molar-refractivity contribution >= 4 is 23.2 Å². The largest absolute Gasteiger partial charge is 0.433 e. The summed E-state index contributed by atoms with van der Waals surface area (Å²) in [5.41, 5.74) is 1.74. The first-order chi connectivity index (χ1) is 17.6. The minimum atomic E-state index is -2.78. The number of amides is 1. The second kappa shape index (κ2) is 16.6. The molecule has 204 valence electrons. The summed E-state index contributed by atoms with van der Waals surface area (Å²) in [5, 5.41) is 7.63. The third kappa shape index (κ3) is 11.2. The molecule has 0 aromatic carbocycles. The second-order valence-electron chi connectivity index (χ2n) is 7.33. The molecule has 1 aliphatic heterocycles. The van der Waals surface area contributed by atoms with Crippen molar-refractivity contribution in [2.75, 3.05) is 20.3 Å². The number of alkyl halides is 2. The number of nitrogens with zero attached hydrogens (tertiary/aromatic N) is 4. The fraction of sp³-hybridized carbons (Fsp3) is 0.400. The van der Waals surface area contributed by atoms with Crippen LogP contribution in [-0.2, 0) is 4.74 Å². The van der Waals surface area contributed by atoms with Gasteiger partial charge in [-0.1, -0.05) is 38.1 Å². The Morgan fingerprint density at radius 1 is 1.38 bits per heavy atom. The molecule has 0 spiro atoms. The lowest BCUT2D eigenvalue weighted by molar-refractivity contribution is -0.0501. The number of carbonyl (C=O) groups is 1. The standard InChI is InChI=1S/C16H20ClFN4O2.C7H7F2NO.C2H6/c1-4-13(8-12(17)7-11(2)18)22-6-5-14(20-22)16(23)21-9-15(24-3)19-10-21;1-5-2-6(4-10-3-5)11-7(8)9;1-2/h4-6,8,15,19H,2,7,9-10H2,1,3H3;2-4,7H,1H3;1-2H3/b12-8+,13-4+;;. The van der Waals surface area contributed by atoms with Gasteiger partial charge in [0.2, 0.25) is 0 Å². The number of allylic oxidation sites excluding steroid dienone is 5. The summed E-state index contributed by atoms with van der Waals surface area (Å²) in [6, 6.07) is 3.13. The van der Waals surface area contributed by atoms with Crippen LogP contribution in [0.3, 0.4) is 0 Å². The van der Waals surface area contributed by atoms with Crippen LogP contribution < -0.4 is 10.1 Å². The molecule has 0 bridgehead atoms. The van der Waals surface area contributed by atoms with Crippen LogP contribution in [0.1, 0.15) is 43.2 Å². The van der Waals surface area contributed by atoms with Crippen LogP contribution in [0.5, 0.6) is 5.75 Å². The minimum Gasteiger partial charge on any atom is -0.433 e. The van der Waals surface area contributed by atoms with E-state index in [4.69, 9.17) is 16.3 Å². The number of aryl methyl sites for hydroxylation is 1. The van der Waals surface area contributed by atoms with E-state index in [1.54, 1.807) is 56.5 Å². The summed E-state index contributed by atoms with van der Waals surface area (Å²) in [7, 11) is 1.58. The Labute approximate surface area is 220 Å². The predicted molar refractivity (Wildman–Crippen MR) is 138 cm³/mol. The van der Waals surface area contributed by atoms with Crippen molar-refractivity contribution in [1.29, 1.82) is 0 Å². The van der Waals surface area contributed by atoms with E-state index in [9.17, 15) is 18.0 Å². The summed E-state index contributed by atoms with van der Waals surface area (Å²) in [5.74, 6) is -0.610.